The van der Waals surface area contributed by atoms with Crippen molar-refractivity contribution in [3.05, 3.63) is 54.1 Å². The van der Waals surface area contributed by atoms with Crippen LogP contribution < -0.4 is 4.74 Å². The minimum absolute atomic E-state index is 0.151. The number of ether oxygens (including phenoxy) is 1. The van der Waals surface area contributed by atoms with Crippen LogP contribution in [0.2, 0.25) is 0 Å². The maximum absolute atomic E-state index is 13.9. The quantitative estimate of drug-likeness (QED) is 0.250. The first-order valence-corrected chi connectivity index (χ1v) is 12.2. The Morgan fingerprint density at radius 3 is 1.83 bits per heavy atom. The Hall–Kier alpha value is -1.83. The van der Waals surface area contributed by atoms with Crippen LogP contribution in [0.15, 0.2) is 48.5 Å². The summed E-state index contributed by atoms with van der Waals surface area (Å²) < 4.78 is 19.6. The monoisotopic (exact) mass is 412 g/mol. The van der Waals surface area contributed by atoms with Crippen LogP contribution in [0.5, 0.6) is 5.75 Å². The van der Waals surface area contributed by atoms with Crippen LogP contribution in [0, 0.1) is 0 Å². The maximum atomic E-state index is 13.9. The molecule has 30 heavy (non-hydrogen) atoms. The van der Waals surface area contributed by atoms with Gasteiger partial charge in [0.15, 0.2) is 0 Å². The highest BCUT2D eigenvalue weighted by Crippen LogP contribution is 2.24. The third-order valence-corrected chi connectivity index (χ3v) is 5.76. The second kappa shape index (κ2) is 15.0. The van der Waals surface area contributed by atoms with Gasteiger partial charge in [0.25, 0.3) is 0 Å². The van der Waals surface area contributed by atoms with E-state index in [4.69, 9.17) is 4.74 Å². The molecular weight excluding hydrogens is 371 g/mol. The number of rotatable bonds is 16. The molecule has 0 heterocycles. The van der Waals surface area contributed by atoms with E-state index in [0.29, 0.717) is 6.42 Å². The van der Waals surface area contributed by atoms with Gasteiger partial charge < -0.3 is 4.74 Å². The van der Waals surface area contributed by atoms with E-state index in [1.807, 2.05) is 12.1 Å². The molecule has 1 atom stereocenters. The molecule has 2 aromatic carbocycles. The number of unbranched alkanes of at least 4 members (excludes halogenated alkanes) is 8. The molecule has 0 aromatic heterocycles. The van der Waals surface area contributed by atoms with Gasteiger partial charge >= 0.3 is 0 Å². The predicted octanol–water partition coefficient (Wildman–Crippen LogP) is 8.94. The number of benzene rings is 2. The van der Waals surface area contributed by atoms with E-state index < -0.39 is 6.17 Å². The molecule has 0 amide bonds. The molecule has 0 bridgehead atoms. The average molecular weight is 413 g/mol. The van der Waals surface area contributed by atoms with Crippen molar-refractivity contribution in [2.45, 2.75) is 97.1 Å². The molecule has 166 valence electrons. The van der Waals surface area contributed by atoms with E-state index >= 15 is 0 Å². The van der Waals surface area contributed by atoms with Gasteiger partial charge in [-0.3, -0.25) is 0 Å². The number of alkyl halides is 1. The van der Waals surface area contributed by atoms with Crippen molar-refractivity contribution in [3.8, 4) is 16.9 Å². The van der Waals surface area contributed by atoms with Crippen molar-refractivity contribution < 1.29 is 9.13 Å². The topological polar surface area (TPSA) is 9.23 Å². The summed E-state index contributed by atoms with van der Waals surface area (Å²) in [5.41, 5.74) is 3.81. The number of halogens is 1. The van der Waals surface area contributed by atoms with E-state index in [-0.39, 0.29) is 6.61 Å². The Bertz CT molecular complexity index is 662. The van der Waals surface area contributed by atoms with Gasteiger partial charge in [-0.05, 0) is 48.1 Å². The van der Waals surface area contributed by atoms with Gasteiger partial charge in [-0.15, -0.1) is 0 Å². The minimum atomic E-state index is -0.874. The van der Waals surface area contributed by atoms with Crippen molar-refractivity contribution >= 4 is 0 Å². The summed E-state index contributed by atoms with van der Waals surface area (Å²) in [7, 11) is 0. The average Bonchev–Trinajstić information content (AvgIpc) is 2.78. The Morgan fingerprint density at radius 1 is 0.667 bits per heavy atom. The highest BCUT2D eigenvalue weighted by molar-refractivity contribution is 5.64. The fourth-order valence-corrected chi connectivity index (χ4v) is 3.78. The first kappa shape index (κ1) is 24.4. The second-order valence-electron chi connectivity index (χ2n) is 8.50. The highest BCUT2D eigenvalue weighted by atomic mass is 19.1. The second-order valence-corrected chi connectivity index (χ2v) is 8.50. The summed E-state index contributed by atoms with van der Waals surface area (Å²) in [5, 5.41) is 0. The first-order chi connectivity index (χ1) is 14.7. The molecule has 0 radical (unpaired) electrons. The van der Waals surface area contributed by atoms with Crippen LogP contribution in [0.4, 0.5) is 4.39 Å². The summed E-state index contributed by atoms with van der Waals surface area (Å²) in [4.78, 5) is 0. The molecule has 0 spiro atoms. The summed E-state index contributed by atoms with van der Waals surface area (Å²) in [6.45, 7) is 4.58. The molecule has 0 N–H and O–H groups in total. The zero-order chi connectivity index (χ0) is 21.4. The van der Waals surface area contributed by atoms with Crippen LogP contribution >= 0.6 is 0 Å². The molecule has 1 nitrogen and oxygen atoms in total. The Kier molecular flexibility index (Phi) is 12.3. The molecule has 0 aliphatic heterocycles. The number of hydrogen-bond donors (Lipinski definition) is 0. The Labute approximate surface area is 184 Å². The normalized spacial score (nSPS) is 12.1. The number of aryl methyl sites for hydroxylation is 1. The van der Waals surface area contributed by atoms with E-state index in [0.717, 1.165) is 18.6 Å². The third kappa shape index (κ3) is 9.78. The Morgan fingerprint density at radius 2 is 1.20 bits per heavy atom. The summed E-state index contributed by atoms with van der Waals surface area (Å²) in [5.74, 6) is 0.745. The lowest BCUT2D eigenvalue weighted by Gasteiger charge is -2.11. The molecule has 0 saturated carbocycles. The Balaban J connectivity index is 1.72. The molecular formula is C28H41FO. The van der Waals surface area contributed by atoms with Crippen molar-refractivity contribution in [1.82, 2.24) is 0 Å². The van der Waals surface area contributed by atoms with Gasteiger partial charge in [-0.1, -0.05) is 108 Å². The van der Waals surface area contributed by atoms with E-state index in [1.54, 1.807) is 0 Å². The lowest BCUT2D eigenvalue weighted by atomic mass is 10.0. The van der Waals surface area contributed by atoms with E-state index in [2.05, 4.69) is 50.2 Å². The van der Waals surface area contributed by atoms with Crippen molar-refractivity contribution in [3.63, 3.8) is 0 Å². The van der Waals surface area contributed by atoms with Crippen LogP contribution in [0.25, 0.3) is 11.1 Å². The smallest absolute Gasteiger partial charge is 0.134 e. The molecule has 0 fully saturated rings. The van der Waals surface area contributed by atoms with Gasteiger partial charge in [0.1, 0.15) is 18.5 Å². The fourth-order valence-electron chi connectivity index (χ4n) is 3.78. The van der Waals surface area contributed by atoms with Gasteiger partial charge in [-0.25, -0.2) is 4.39 Å². The van der Waals surface area contributed by atoms with Crippen molar-refractivity contribution in [1.29, 1.82) is 0 Å². The number of hydrogen-bond acceptors (Lipinski definition) is 1. The minimum Gasteiger partial charge on any atom is -0.491 e. The SMILES string of the molecule is CCCCCCCCc1ccc(-c2ccc(OC[C@@H](F)CCCCCC)cc2)cc1. The maximum Gasteiger partial charge on any atom is 0.134 e. The van der Waals surface area contributed by atoms with Crippen LogP contribution in [0.3, 0.4) is 0 Å². The van der Waals surface area contributed by atoms with Crippen LogP contribution in [-0.2, 0) is 6.42 Å². The zero-order valence-corrected chi connectivity index (χ0v) is 19.2. The first-order valence-electron chi connectivity index (χ1n) is 12.2. The van der Waals surface area contributed by atoms with Crippen LogP contribution in [-0.4, -0.2) is 12.8 Å². The van der Waals surface area contributed by atoms with Crippen molar-refractivity contribution in [2.24, 2.45) is 0 Å². The largest absolute Gasteiger partial charge is 0.491 e. The zero-order valence-electron chi connectivity index (χ0n) is 19.2. The molecule has 0 aliphatic carbocycles. The standard InChI is InChI=1S/C28H41FO/c1-3-5-7-9-10-11-13-24-15-17-25(18-16-24)26-19-21-28(22-20-26)30-23-27(29)14-12-8-6-4-2/h15-22,27H,3-14,23H2,1-2H3/t27-/m0/s1. The summed E-state index contributed by atoms with van der Waals surface area (Å²) in [6, 6.07) is 16.9. The lowest BCUT2D eigenvalue weighted by Crippen LogP contribution is -2.12. The van der Waals surface area contributed by atoms with Crippen LogP contribution in [0.1, 0.15) is 90.0 Å². The van der Waals surface area contributed by atoms with Gasteiger partial charge in [0.2, 0.25) is 0 Å². The molecule has 0 aliphatic rings. The molecule has 2 aromatic rings. The van der Waals surface area contributed by atoms with Gasteiger partial charge in [-0.2, -0.15) is 0 Å². The fraction of sp³-hybridized carbons (Fsp3) is 0.571. The van der Waals surface area contributed by atoms with E-state index in [9.17, 15) is 4.39 Å². The molecule has 0 saturated heterocycles. The summed E-state index contributed by atoms with van der Waals surface area (Å²) >= 11 is 0. The molecule has 0 unspecified atom stereocenters. The highest BCUT2D eigenvalue weighted by Gasteiger charge is 2.07. The lowest BCUT2D eigenvalue weighted by molar-refractivity contribution is 0.184. The molecule has 2 heteroatoms. The van der Waals surface area contributed by atoms with Gasteiger partial charge in [0.05, 0.1) is 0 Å². The molecule has 2 rings (SSSR count). The van der Waals surface area contributed by atoms with Gasteiger partial charge in [0, 0.05) is 0 Å². The predicted molar refractivity (Wildman–Crippen MR) is 128 cm³/mol. The van der Waals surface area contributed by atoms with Crippen molar-refractivity contribution in [2.75, 3.05) is 6.61 Å². The summed E-state index contributed by atoms with van der Waals surface area (Å²) in [6.07, 6.45) is 13.4. The van der Waals surface area contributed by atoms with E-state index in [1.165, 1.54) is 74.5 Å². The third-order valence-electron chi connectivity index (χ3n) is 5.76.